The summed E-state index contributed by atoms with van der Waals surface area (Å²) < 4.78 is 6.07. The van der Waals surface area contributed by atoms with Crippen LogP contribution in [0.25, 0.3) is 0 Å². The topological polar surface area (TPSA) is 38.3 Å². The van der Waals surface area contributed by atoms with Crippen LogP contribution in [0, 0.1) is 6.92 Å². The highest BCUT2D eigenvalue weighted by atomic mass is 35.5. The second-order valence-electron chi connectivity index (χ2n) is 7.47. The molecule has 1 heterocycles. The van der Waals surface area contributed by atoms with E-state index in [4.69, 9.17) is 27.9 Å². The molecule has 1 aliphatic heterocycles. The van der Waals surface area contributed by atoms with Crippen molar-refractivity contribution in [1.29, 1.82) is 0 Å². The standard InChI is InChI=1S/C21H23Cl2NO2S/c1-13-4-7-19-15(8-13)18(10-21(2,3)26-19)24-20(25)12-27-11-14-5-6-16(22)17(23)9-14/h4-9,18H,10-12H2,1-3H3,(H,24,25). The first-order chi connectivity index (χ1) is 12.7. The van der Waals surface area contributed by atoms with E-state index in [-0.39, 0.29) is 17.6 Å². The molecule has 2 aromatic rings. The summed E-state index contributed by atoms with van der Waals surface area (Å²) in [4.78, 5) is 12.5. The van der Waals surface area contributed by atoms with Crippen LogP contribution in [-0.2, 0) is 10.5 Å². The predicted molar refractivity (Wildman–Crippen MR) is 114 cm³/mol. The van der Waals surface area contributed by atoms with Crippen LogP contribution in [0.3, 0.4) is 0 Å². The molecule has 1 atom stereocenters. The van der Waals surface area contributed by atoms with Gasteiger partial charge in [0.2, 0.25) is 5.91 Å². The maximum Gasteiger partial charge on any atom is 0.230 e. The molecule has 3 nitrogen and oxygen atoms in total. The number of thioether (sulfide) groups is 1. The zero-order valence-corrected chi connectivity index (χ0v) is 18.0. The smallest absolute Gasteiger partial charge is 0.230 e. The number of benzene rings is 2. The maximum absolute atomic E-state index is 12.5. The van der Waals surface area contributed by atoms with E-state index in [0.717, 1.165) is 28.9 Å². The molecule has 1 unspecified atom stereocenters. The number of carbonyl (C=O) groups excluding carboxylic acids is 1. The van der Waals surface area contributed by atoms with Gasteiger partial charge in [-0.15, -0.1) is 11.8 Å². The molecule has 0 spiro atoms. The van der Waals surface area contributed by atoms with Crippen molar-refractivity contribution in [2.45, 2.75) is 44.6 Å². The van der Waals surface area contributed by atoms with Crippen molar-refractivity contribution in [3.05, 3.63) is 63.1 Å². The Morgan fingerprint density at radius 2 is 2.00 bits per heavy atom. The first-order valence-corrected chi connectivity index (χ1v) is 10.8. The van der Waals surface area contributed by atoms with E-state index in [1.165, 1.54) is 0 Å². The van der Waals surface area contributed by atoms with Gasteiger partial charge in [0.15, 0.2) is 0 Å². The molecule has 144 valence electrons. The van der Waals surface area contributed by atoms with Crippen molar-refractivity contribution in [1.82, 2.24) is 5.32 Å². The van der Waals surface area contributed by atoms with Gasteiger partial charge in [-0.2, -0.15) is 0 Å². The first kappa shape index (κ1) is 20.4. The number of hydrogen-bond donors (Lipinski definition) is 1. The van der Waals surface area contributed by atoms with Crippen molar-refractivity contribution in [2.24, 2.45) is 0 Å². The quantitative estimate of drug-likeness (QED) is 0.644. The molecule has 1 aliphatic rings. The average molecular weight is 424 g/mol. The molecule has 2 aromatic carbocycles. The molecule has 6 heteroatoms. The summed E-state index contributed by atoms with van der Waals surface area (Å²) >= 11 is 13.5. The molecule has 0 bridgehead atoms. The Balaban J connectivity index is 1.60. The molecule has 0 saturated carbocycles. The number of nitrogens with one attached hydrogen (secondary N) is 1. The van der Waals surface area contributed by atoms with Gasteiger partial charge in [-0.3, -0.25) is 4.79 Å². The van der Waals surface area contributed by atoms with Crippen LogP contribution >= 0.6 is 35.0 Å². The highest BCUT2D eigenvalue weighted by molar-refractivity contribution is 7.99. The number of ether oxygens (including phenoxy) is 1. The Labute approximate surface area is 174 Å². The molecule has 0 fully saturated rings. The minimum absolute atomic E-state index is 0.0233. The van der Waals surface area contributed by atoms with Crippen LogP contribution in [0.4, 0.5) is 0 Å². The fraction of sp³-hybridized carbons (Fsp3) is 0.381. The van der Waals surface area contributed by atoms with E-state index in [1.54, 1.807) is 17.8 Å². The van der Waals surface area contributed by atoms with Crippen LogP contribution < -0.4 is 10.1 Å². The normalized spacial score (nSPS) is 17.7. The fourth-order valence-electron chi connectivity index (χ4n) is 3.23. The molecule has 0 saturated heterocycles. The van der Waals surface area contributed by atoms with Gasteiger partial charge < -0.3 is 10.1 Å². The Bertz CT molecular complexity index is 854. The van der Waals surface area contributed by atoms with Crippen molar-refractivity contribution in [2.75, 3.05) is 5.75 Å². The van der Waals surface area contributed by atoms with E-state index >= 15 is 0 Å². The lowest BCUT2D eigenvalue weighted by molar-refractivity contribution is -0.119. The Morgan fingerprint density at radius 1 is 1.22 bits per heavy atom. The lowest BCUT2D eigenvalue weighted by Crippen LogP contribution is -2.41. The summed E-state index contributed by atoms with van der Waals surface area (Å²) in [5.74, 6) is 1.97. The summed E-state index contributed by atoms with van der Waals surface area (Å²) in [7, 11) is 0. The van der Waals surface area contributed by atoms with Gasteiger partial charge in [-0.1, -0.05) is 47.0 Å². The van der Waals surface area contributed by atoms with Crippen LogP contribution in [-0.4, -0.2) is 17.3 Å². The summed E-state index contributed by atoms with van der Waals surface area (Å²) in [5, 5.41) is 4.26. The van der Waals surface area contributed by atoms with Gasteiger partial charge in [0.1, 0.15) is 11.4 Å². The molecule has 1 N–H and O–H groups in total. The van der Waals surface area contributed by atoms with E-state index in [2.05, 4.69) is 11.4 Å². The minimum Gasteiger partial charge on any atom is -0.487 e. The molecule has 27 heavy (non-hydrogen) atoms. The summed E-state index contributed by atoms with van der Waals surface area (Å²) in [5.41, 5.74) is 2.95. The monoisotopic (exact) mass is 423 g/mol. The Kier molecular flexibility index (Phi) is 6.29. The number of carbonyl (C=O) groups is 1. The fourth-order valence-corrected chi connectivity index (χ4v) is 4.34. The van der Waals surface area contributed by atoms with Crippen LogP contribution in [0.2, 0.25) is 10.0 Å². The lowest BCUT2D eigenvalue weighted by Gasteiger charge is -2.38. The van der Waals surface area contributed by atoms with Gasteiger partial charge in [0, 0.05) is 17.7 Å². The summed E-state index contributed by atoms with van der Waals surface area (Å²) in [6.45, 7) is 6.15. The number of aryl methyl sites for hydroxylation is 1. The second kappa shape index (κ2) is 8.34. The summed E-state index contributed by atoms with van der Waals surface area (Å²) in [6.07, 6.45) is 0.743. The number of fused-ring (bicyclic) bond motifs is 1. The van der Waals surface area contributed by atoms with Crippen molar-refractivity contribution >= 4 is 40.9 Å². The van der Waals surface area contributed by atoms with E-state index in [9.17, 15) is 4.79 Å². The highest BCUT2D eigenvalue weighted by Gasteiger charge is 2.34. The number of halogens is 2. The predicted octanol–water partition coefficient (Wildman–Crippen LogP) is 5.95. The van der Waals surface area contributed by atoms with Crippen LogP contribution in [0.5, 0.6) is 5.75 Å². The number of hydrogen-bond acceptors (Lipinski definition) is 3. The Hall–Kier alpha value is -1.36. The number of amides is 1. The van der Waals surface area contributed by atoms with Crippen molar-refractivity contribution in [3.8, 4) is 5.75 Å². The Morgan fingerprint density at radius 3 is 2.74 bits per heavy atom. The minimum atomic E-state index is -0.312. The first-order valence-electron chi connectivity index (χ1n) is 8.84. The van der Waals surface area contributed by atoms with Crippen molar-refractivity contribution in [3.63, 3.8) is 0 Å². The highest BCUT2D eigenvalue weighted by Crippen LogP contribution is 2.39. The zero-order chi connectivity index (χ0) is 19.6. The van der Waals surface area contributed by atoms with Gasteiger partial charge in [-0.05, 0) is 44.5 Å². The van der Waals surface area contributed by atoms with Gasteiger partial charge in [-0.25, -0.2) is 0 Å². The lowest BCUT2D eigenvalue weighted by atomic mass is 9.89. The van der Waals surface area contributed by atoms with Crippen LogP contribution in [0.15, 0.2) is 36.4 Å². The molecule has 0 radical (unpaired) electrons. The SMILES string of the molecule is Cc1ccc2c(c1)C(NC(=O)CSCc1ccc(Cl)c(Cl)c1)CC(C)(C)O2. The summed E-state index contributed by atoms with van der Waals surface area (Å²) in [6, 6.07) is 11.6. The largest absolute Gasteiger partial charge is 0.487 e. The third-order valence-corrected chi connectivity index (χ3v) is 6.19. The van der Waals surface area contributed by atoms with Gasteiger partial charge >= 0.3 is 0 Å². The third kappa shape index (κ3) is 5.34. The molecular formula is C21H23Cl2NO2S. The molecule has 3 rings (SSSR count). The van der Waals surface area contributed by atoms with Crippen molar-refractivity contribution < 1.29 is 9.53 Å². The van der Waals surface area contributed by atoms with Gasteiger partial charge in [0.25, 0.3) is 0 Å². The average Bonchev–Trinajstić information content (AvgIpc) is 2.58. The molecule has 1 amide bonds. The second-order valence-corrected chi connectivity index (χ2v) is 9.27. The zero-order valence-electron chi connectivity index (χ0n) is 15.6. The molecular weight excluding hydrogens is 401 g/mol. The van der Waals surface area contributed by atoms with E-state index in [0.29, 0.717) is 21.6 Å². The van der Waals surface area contributed by atoms with Crippen LogP contribution in [0.1, 0.15) is 43.0 Å². The molecule has 0 aromatic heterocycles. The van der Waals surface area contributed by atoms with E-state index < -0.39 is 0 Å². The molecule has 0 aliphatic carbocycles. The third-order valence-electron chi connectivity index (χ3n) is 4.44. The maximum atomic E-state index is 12.5. The number of rotatable bonds is 5. The van der Waals surface area contributed by atoms with Gasteiger partial charge in [0.05, 0.1) is 21.8 Å². The van der Waals surface area contributed by atoms with E-state index in [1.807, 2.05) is 45.0 Å².